The summed E-state index contributed by atoms with van der Waals surface area (Å²) in [7, 11) is -3.87. The standard InChI is InChI=1S/C13H14N2O5S/c1-2-20-13(17)9-21(18,19)8-12(16)15-11-5-3-10(7-14)4-6-11/h3-6H,2,8-9H2,1H3,(H,15,16). The second kappa shape index (κ2) is 7.40. The van der Waals surface area contributed by atoms with Gasteiger partial charge < -0.3 is 10.1 Å². The molecule has 0 saturated heterocycles. The van der Waals surface area contributed by atoms with E-state index in [1.165, 1.54) is 24.3 Å². The Morgan fingerprint density at radius 3 is 2.38 bits per heavy atom. The number of rotatable bonds is 6. The molecule has 0 aliphatic rings. The van der Waals surface area contributed by atoms with Gasteiger partial charge in [-0.15, -0.1) is 0 Å². The first-order chi connectivity index (χ1) is 9.86. The molecule has 0 atom stereocenters. The van der Waals surface area contributed by atoms with E-state index in [9.17, 15) is 18.0 Å². The van der Waals surface area contributed by atoms with Crippen molar-refractivity contribution in [1.82, 2.24) is 0 Å². The van der Waals surface area contributed by atoms with Crippen LogP contribution >= 0.6 is 0 Å². The van der Waals surface area contributed by atoms with Crippen LogP contribution < -0.4 is 5.32 Å². The third-order valence-corrected chi connectivity index (χ3v) is 3.67. The summed E-state index contributed by atoms with van der Waals surface area (Å²) in [5.41, 5.74) is 0.785. The highest BCUT2D eigenvalue weighted by atomic mass is 32.2. The molecule has 0 unspecified atom stereocenters. The van der Waals surface area contributed by atoms with Gasteiger partial charge in [0.15, 0.2) is 9.84 Å². The van der Waals surface area contributed by atoms with Crippen molar-refractivity contribution in [2.75, 3.05) is 23.4 Å². The Balaban J connectivity index is 2.60. The predicted octanol–water partition coefficient (Wildman–Crippen LogP) is 0.475. The van der Waals surface area contributed by atoms with E-state index in [0.717, 1.165) is 0 Å². The first-order valence-electron chi connectivity index (χ1n) is 6.02. The number of hydrogen-bond donors (Lipinski definition) is 1. The van der Waals surface area contributed by atoms with Crippen LogP contribution in [0.25, 0.3) is 0 Å². The van der Waals surface area contributed by atoms with Gasteiger partial charge in [0.2, 0.25) is 5.91 Å². The van der Waals surface area contributed by atoms with Crippen molar-refractivity contribution in [2.24, 2.45) is 0 Å². The fourth-order valence-electron chi connectivity index (χ4n) is 1.46. The summed E-state index contributed by atoms with van der Waals surface area (Å²) in [6.07, 6.45) is 0. The molecule has 8 heteroatoms. The smallest absolute Gasteiger partial charge is 0.321 e. The highest BCUT2D eigenvalue weighted by Gasteiger charge is 2.21. The molecular weight excluding hydrogens is 296 g/mol. The zero-order chi connectivity index (χ0) is 15.9. The van der Waals surface area contributed by atoms with Crippen LogP contribution in [0.15, 0.2) is 24.3 Å². The molecule has 1 aromatic rings. The third kappa shape index (κ3) is 6.05. The van der Waals surface area contributed by atoms with Gasteiger partial charge in [-0.2, -0.15) is 5.26 Å². The molecule has 0 fully saturated rings. The van der Waals surface area contributed by atoms with Gasteiger partial charge >= 0.3 is 5.97 Å². The van der Waals surface area contributed by atoms with Crippen LogP contribution in [0.4, 0.5) is 5.69 Å². The van der Waals surface area contributed by atoms with Crippen LogP contribution in [-0.2, 0) is 24.2 Å². The van der Waals surface area contributed by atoms with E-state index in [4.69, 9.17) is 5.26 Å². The molecule has 0 radical (unpaired) electrons. The zero-order valence-corrected chi connectivity index (χ0v) is 12.1. The maximum absolute atomic E-state index is 11.6. The summed E-state index contributed by atoms with van der Waals surface area (Å²) in [6.45, 7) is 1.63. The van der Waals surface area contributed by atoms with Crippen LogP contribution in [0, 0.1) is 11.3 Å². The first kappa shape index (κ1) is 16.7. The predicted molar refractivity (Wildman–Crippen MR) is 75.1 cm³/mol. The van der Waals surface area contributed by atoms with Crippen LogP contribution in [0.2, 0.25) is 0 Å². The number of anilines is 1. The summed E-state index contributed by atoms with van der Waals surface area (Å²) in [6, 6.07) is 7.86. The molecule has 0 aromatic heterocycles. The normalized spacial score (nSPS) is 10.5. The number of nitriles is 1. The summed E-state index contributed by atoms with van der Waals surface area (Å²) in [5.74, 6) is -3.29. The average Bonchev–Trinajstić information content (AvgIpc) is 2.38. The van der Waals surface area contributed by atoms with Crippen molar-refractivity contribution in [3.63, 3.8) is 0 Å². The largest absolute Gasteiger partial charge is 0.465 e. The van der Waals surface area contributed by atoms with Gasteiger partial charge in [-0.05, 0) is 31.2 Å². The van der Waals surface area contributed by atoms with E-state index in [2.05, 4.69) is 10.1 Å². The SMILES string of the molecule is CCOC(=O)CS(=O)(=O)CC(=O)Nc1ccc(C#N)cc1. The van der Waals surface area contributed by atoms with Crippen LogP contribution in [-0.4, -0.2) is 38.4 Å². The minimum absolute atomic E-state index is 0.0752. The fraction of sp³-hybridized carbons (Fsp3) is 0.308. The Bertz CT molecular complexity index is 659. The number of benzene rings is 1. The molecule has 1 aromatic carbocycles. The fourth-order valence-corrected chi connectivity index (χ4v) is 2.47. The molecule has 21 heavy (non-hydrogen) atoms. The van der Waals surface area contributed by atoms with E-state index in [0.29, 0.717) is 11.3 Å². The van der Waals surface area contributed by atoms with Gasteiger partial charge in [-0.3, -0.25) is 9.59 Å². The molecule has 1 N–H and O–H groups in total. The van der Waals surface area contributed by atoms with E-state index in [1.807, 2.05) is 6.07 Å². The number of hydrogen-bond acceptors (Lipinski definition) is 6. The van der Waals surface area contributed by atoms with E-state index in [-0.39, 0.29) is 6.61 Å². The maximum Gasteiger partial charge on any atom is 0.321 e. The summed E-state index contributed by atoms with van der Waals surface area (Å²) in [5, 5.41) is 11.0. The molecular formula is C13H14N2O5S. The molecule has 0 aliphatic heterocycles. The molecule has 0 heterocycles. The molecule has 0 aliphatic carbocycles. The van der Waals surface area contributed by atoms with Crippen molar-refractivity contribution in [1.29, 1.82) is 5.26 Å². The summed E-state index contributed by atoms with van der Waals surface area (Å²) in [4.78, 5) is 22.7. The molecule has 112 valence electrons. The lowest BCUT2D eigenvalue weighted by molar-refractivity contribution is -0.139. The maximum atomic E-state index is 11.6. The minimum atomic E-state index is -3.87. The van der Waals surface area contributed by atoms with Gasteiger partial charge in [-0.1, -0.05) is 0 Å². The van der Waals surface area contributed by atoms with Crippen molar-refractivity contribution >= 4 is 27.4 Å². The van der Waals surface area contributed by atoms with Gasteiger partial charge in [0.05, 0.1) is 18.2 Å². The molecule has 0 saturated carbocycles. The van der Waals surface area contributed by atoms with Gasteiger partial charge in [0, 0.05) is 5.69 Å². The number of carbonyl (C=O) groups is 2. The minimum Gasteiger partial charge on any atom is -0.465 e. The first-order valence-corrected chi connectivity index (χ1v) is 7.84. The van der Waals surface area contributed by atoms with Gasteiger partial charge in [-0.25, -0.2) is 8.42 Å². The Morgan fingerprint density at radius 1 is 1.24 bits per heavy atom. The van der Waals surface area contributed by atoms with Crippen LogP contribution in [0.1, 0.15) is 12.5 Å². The number of ether oxygens (including phenoxy) is 1. The summed E-state index contributed by atoms with van der Waals surface area (Å²) < 4.78 is 27.7. The van der Waals surface area contributed by atoms with E-state index in [1.54, 1.807) is 6.92 Å². The Hall–Kier alpha value is -2.40. The highest BCUT2D eigenvalue weighted by Crippen LogP contribution is 2.09. The second-order valence-corrected chi connectivity index (χ2v) is 6.14. The molecule has 0 spiro atoms. The van der Waals surface area contributed by atoms with Crippen LogP contribution in [0.3, 0.4) is 0 Å². The lowest BCUT2D eigenvalue weighted by Crippen LogP contribution is -2.28. The molecule has 7 nitrogen and oxygen atoms in total. The number of nitrogens with one attached hydrogen (secondary N) is 1. The highest BCUT2D eigenvalue weighted by molar-refractivity contribution is 7.92. The van der Waals surface area contributed by atoms with Crippen molar-refractivity contribution in [3.8, 4) is 6.07 Å². The van der Waals surface area contributed by atoms with Crippen LogP contribution in [0.5, 0.6) is 0 Å². The summed E-state index contributed by atoms with van der Waals surface area (Å²) >= 11 is 0. The molecule has 1 amide bonds. The van der Waals surface area contributed by atoms with E-state index >= 15 is 0 Å². The van der Waals surface area contributed by atoms with Gasteiger partial charge in [0.25, 0.3) is 0 Å². The monoisotopic (exact) mass is 310 g/mol. The Kier molecular flexibility index (Phi) is 5.87. The quantitative estimate of drug-likeness (QED) is 0.764. The number of amides is 1. The third-order valence-electron chi connectivity index (χ3n) is 2.29. The van der Waals surface area contributed by atoms with Crippen molar-refractivity contribution in [3.05, 3.63) is 29.8 Å². The zero-order valence-electron chi connectivity index (χ0n) is 11.3. The number of sulfone groups is 1. The van der Waals surface area contributed by atoms with Crippen molar-refractivity contribution < 1.29 is 22.7 Å². The topological polar surface area (TPSA) is 113 Å². The Labute approximate surface area is 122 Å². The average molecular weight is 310 g/mol. The lowest BCUT2D eigenvalue weighted by Gasteiger charge is -2.06. The lowest BCUT2D eigenvalue weighted by atomic mass is 10.2. The molecule has 0 bridgehead atoms. The number of esters is 1. The Morgan fingerprint density at radius 2 is 1.86 bits per heavy atom. The van der Waals surface area contributed by atoms with E-state index < -0.39 is 33.2 Å². The van der Waals surface area contributed by atoms with Gasteiger partial charge in [0.1, 0.15) is 11.5 Å². The van der Waals surface area contributed by atoms with Crippen molar-refractivity contribution in [2.45, 2.75) is 6.92 Å². The number of nitrogens with zero attached hydrogens (tertiary/aromatic N) is 1. The molecule has 1 rings (SSSR count). The second-order valence-electron chi connectivity index (χ2n) is 4.07. The number of carbonyl (C=O) groups excluding carboxylic acids is 2.